The molecular weight excluding hydrogens is 262 g/mol. The van der Waals surface area contributed by atoms with E-state index in [9.17, 15) is 4.79 Å². The molecule has 0 saturated carbocycles. The second-order valence-electron chi connectivity index (χ2n) is 5.56. The molecule has 3 N–H and O–H groups in total. The Morgan fingerprint density at radius 1 is 1.19 bits per heavy atom. The molecule has 4 heteroatoms. The lowest BCUT2D eigenvalue weighted by Gasteiger charge is -2.24. The smallest absolute Gasteiger partial charge is 0.244 e. The minimum absolute atomic E-state index is 0.114. The van der Waals surface area contributed by atoms with Gasteiger partial charge in [0.05, 0.1) is 0 Å². The normalized spacial score (nSPS) is 14.0. The second kappa shape index (κ2) is 8.80. The molecule has 21 heavy (non-hydrogen) atoms. The SMILES string of the molecule is CCN(CC)CCCCNC(=O)C(C)(N)c1ccccc1. The molecule has 0 heterocycles. The van der Waals surface area contributed by atoms with E-state index >= 15 is 0 Å². The Morgan fingerprint density at radius 2 is 1.81 bits per heavy atom. The van der Waals surface area contributed by atoms with Crippen molar-refractivity contribution in [2.75, 3.05) is 26.2 Å². The van der Waals surface area contributed by atoms with Crippen molar-refractivity contribution in [3.63, 3.8) is 0 Å². The standard InChI is InChI=1S/C17H29N3O/c1-4-20(5-2)14-10-9-13-19-16(21)17(3,18)15-11-7-6-8-12-15/h6-8,11-12H,4-5,9-10,13-14,18H2,1-3H3,(H,19,21). The van der Waals surface area contributed by atoms with Gasteiger partial charge in [0.25, 0.3) is 0 Å². The number of benzene rings is 1. The van der Waals surface area contributed by atoms with Gasteiger partial charge in [0.2, 0.25) is 5.91 Å². The maximum atomic E-state index is 12.2. The molecule has 1 unspecified atom stereocenters. The largest absolute Gasteiger partial charge is 0.354 e. The fraction of sp³-hybridized carbons (Fsp3) is 0.588. The Hall–Kier alpha value is -1.39. The summed E-state index contributed by atoms with van der Waals surface area (Å²) < 4.78 is 0. The number of carbonyl (C=O) groups is 1. The van der Waals surface area contributed by atoms with Crippen molar-refractivity contribution < 1.29 is 4.79 Å². The molecule has 0 aromatic heterocycles. The Bertz CT molecular complexity index is 413. The summed E-state index contributed by atoms with van der Waals surface area (Å²) in [7, 11) is 0. The van der Waals surface area contributed by atoms with Crippen LogP contribution in [0.3, 0.4) is 0 Å². The number of carbonyl (C=O) groups excluding carboxylic acids is 1. The first-order valence-corrected chi connectivity index (χ1v) is 7.87. The Kier molecular flexibility index (Phi) is 7.40. The lowest BCUT2D eigenvalue weighted by Crippen LogP contribution is -2.49. The van der Waals surface area contributed by atoms with E-state index in [4.69, 9.17) is 5.73 Å². The quantitative estimate of drug-likeness (QED) is 0.685. The average Bonchev–Trinajstić information content (AvgIpc) is 2.51. The molecule has 0 fully saturated rings. The van der Waals surface area contributed by atoms with Crippen LogP contribution in [0.4, 0.5) is 0 Å². The van der Waals surface area contributed by atoms with Crippen molar-refractivity contribution in [2.24, 2.45) is 5.73 Å². The first-order valence-electron chi connectivity index (χ1n) is 7.87. The van der Waals surface area contributed by atoms with Crippen molar-refractivity contribution in [1.29, 1.82) is 0 Å². The number of nitrogens with two attached hydrogens (primary N) is 1. The zero-order valence-electron chi connectivity index (χ0n) is 13.6. The Balaban J connectivity index is 2.34. The van der Waals surface area contributed by atoms with Gasteiger partial charge in [-0.25, -0.2) is 0 Å². The van der Waals surface area contributed by atoms with Gasteiger partial charge in [0, 0.05) is 6.54 Å². The predicted octanol–water partition coefficient (Wildman–Crippen LogP) is 2.10. The summed E-state index contributed by atoms with van der Waals surface area (Å²) in [5.74, 6) is -0.114. The van der Waals surface area contributed by atoms with Crippen LogP contribution in [0.5, 0.6) is 0 Å². The molecule has 0 aliphatic rings. The van der Waals surface area contributed by atoms with Crippen molar-refractivity contribution in [3.05, 3.63) is 35.9 Å². The molecule has 0 radical (unpaired) electrons. The van der Waals surface area contributed by atoms with E-state index < -0.39 is 5.54 Å². The highest BCUT2D eigenvalue weighted by molar-refractivity contribution is 5.86. The first-order chi connectivity index (χ1) is 10.0. The third-order valence-electron chi connectivity index (χ3n) is 3.93. The Labute approximate surface area is 128 Å². The number of unbranched alkanes of at least 4 members (excludes halogenated alkanes) is 1. The highest BCUT2D eigenvalue weighted by atomic mass is 16.2. The summed E-state index contributed by atoms with van der Waals surface area (Å²) in [6.45, 7) is 10.0. The van der Waals surface area contributed by atoms with Crippen molar-refractivity contribution in [1.82, 2.24) is 10.2 Å². The minimum Gasteiger partial charge on any atom is -0.354 e. The zero-order valence-corrected chi connectivity index (χ0v) is 13.6. The fourth-order valence-electron chi connectivity index (χ4n) is 2.30. The maximum absolute atomic E-state index is 12.2. The number of rotatable bonds is 9. The Morgan fingerprint density at radius 3 is 2.38 bits per heavy atom. The second-order valence-corrected chi connectivity index (χ2v) is 5.56. The molecule has 0 aliphatic carbocycles. The summed E-state index contributed by atoms with van der Waals surface area (Å²) in [5.41, 5.74) is 6.03. The lowest BCUT2D eigenvalue weighted by atomic mass is 9.92. The van der Waals surface area contributed by atoms with Gasteiger partial charge in [-0.3, -0.25) is 4.79 Å². The summed E-state index contributed by atoms with van der Waals surface area (Å²) in [6.07, 6.45) is 2.07. The highest BCUT2D eigenvalue weighted by Crippen LogP contribution is 2.17. The monoisotopic (exact) mass is 291 g/mol. The molecule has 1 aromatic carbocycles. The molecule has 0 saturated heterocycles. The van der Waals surface area contributed by atoms with Crippen molar-refractivity contribution in [3.8, 4) is 0 Å². The van der Waals surface area contributed by atoms with Crippen LogP contribution < -0.4 is 11.1 Å². The minimum atomic E-state index is -0.972. The van der Waals surface area contributed by atoms with Crippen LogP contribution in [0.15, 0.2) is 30.3 Å². The fourth-order valence-corrected chi connectivity index (χ4v) is 2.30. The predicted molar refractivity (Wildman–Crippen MR) is 88.0 cm³/mol. The molecule has 1 amide bonds. The van der Waals surface area contributed by atoms with Gasteiger partial charge in [-0.1, -0.05) is 44.2 Å². The summed E-state index contributed by atoms with van der Waals surface area (Å²) in [5, 5.41) is 2.95. The van der Waals surface area contributed by atoms with Crippen LogP contribution in [0.2, 0.25) is 0 Å². The molecule has 0 aliphatic heterocycles. The van der Waals surface area contributed by atoms with E-state index in [1.165, 1.54) is 0 Å². The van der Waals surface area contributed by atoms with Crippen LogP contribution in [-0.4, -0.2) is 37.0 Å². The molecule has 0 spiro atoms. The van der Waals surface area contributed by atoms with Crippen molar-refractivity contribution in [2.45, 2.75) is 39.2 Å². The van der Waals surface area contributed by atoms with Crippen LogP contribution in [0.25, 0.3) is 0 Å². The molecule has 4 nitrogen and oxygen atoms in total. The highest BCUT2D eigenvalue weighted by Gasteiger charge is 2.29. The van der Waals surface area contributed by atoms with Gasteiger partial charge in [-0.15, -0.1) is 0 Å². The molecule has 118 valence electrons. The van der Waals surface area contributed by atoms with E-state index in [0.29, 0.717) is 6.54 Å². The van der Waals surface area contributed by atoms with E-state index in [1.807, 2.05) is 30.3 Å². The zero-order chi connectivity index (χ0) is 15.7. The van der Waals surface area contributed by atoms with Gasteiger partial charge in [-0.05, 0) is 45.0 Å². The van der Waals surface area contributed by atoms with Crippen molar-refractivity contribution >= 4 is 5.91 Å². The van der Waals surface area contributed by atoms with Crippen LogP contribution in [0, 0.1) is 0 Å². The van der Waals surface area contributed by atoms with Crippen LogP contribution in [-0.2, 0) is 10.3 Å². The van der Waals surface area contributed by atoms with Gasteiger partial charge in [0.15, 0.2) is 0 Å². The summed E-state index contributed by atoms with van der Waals surface area (Å²) in [4.78, 5) is 14.6. The van der Waals surface area contributed by atoms with Crippen LogP contribution >= 0.6 is 0 Å². The number of nitrogens with one attached hydrogen (secondary N) is 1. The van der Waals surface area contributed by atoms with E-state index in [-0.39, 0.29) is 5.91 Å². The first kappa shape index (κ1) is 17.7. The topological polar surface area (TPSA) is 58.4 Å². The summed E-state index contributed by atoms with van der Waals surface area (Å²) in [6, 6.07) is 9.50. The summed E-state index contributed by atoms with van der Waals surface area (Å²) >= 11 is 0. The van der Waals surface area contributed by atoms with Gasteiger partial charge < -0.3 is 16.0 Å². The number of hydrogen-bond acceptors (Lipinski definition) is 3. The van der Waals surface area contributed by atoms with E-state index in [1.54, 1.807) is 6.92 Å². The average molecular weight is 291 g/mol. The van der Waals surface area contributed by atoms with Gasteiger partial charge in [0.1, 0.15) is 5.54 Å². The van der Waals surface area contributed by atoms with E-state index in [0.717, 1.165) is 38.0 Å². The van der Waals surface area contributed by atoms with Gasteiger partial charge >= 0.3 is 0 Å². The number of amides is 1. The lowest BCUT2D eigenvalue weighted by molar-refractivity contribution is -0.126. The molecule has 1 rings (SSSR count). The van der Waals surface area contributed by atoms with E-state index in [2.05, 4.69) is 24.1 Å². The number of hydrogen-bond donors (Lipinski definition) is 2. The third kappa shape index (κ3) is 5.48. The molecule has 1 atom stereocenters. The maximum Gasteiger partial charge on any atom is 0.244 e. The molecular formula is C17H29N3O. The van der Waals surface area contributed by atoms with Gasteiger partial charge in [-0.2, -0.15) is 0 Å². The van der Waals surface area contributed by atoms with Crippen LogP contribution in [0.1, 0.15) is 39.2 Å². The molecule has 1 aromatic rings. The molecule has 0 bridgehead atoms. The third-order valence-corrected chi connectivity index (χ3v) is 3.93. The number of nitrogens with zero attached hydrogens (tertiary/aromatic N) is 1.